The maximum Gasteiger partial charge on any atom is 0.0953 e. The van der Waals surface area contributed by atoms with Crippen LogP contribution in [0.2, 0.25) is 0 Å². The van der Waals surface area contributed by atoms with Gasteiger partial charge in [-0.1, -0.05) is 47.8 Å². The van der Waals surface area contributed by atoms with Gasteiger partial charge in [0, 0.05) is 11.0 Å². The van der Waals surface area contributed by atoms with E-state index in [1.807, 2.05) is 0 Å². The molecule has 106 valence electrons. The Morgan fingerprint density at radius 2 is 2.16 bits per heavy atom. The minimum Gasteiger partial charge on any atom is -0.369 e. The largest absolute Gasteiger partial charge is 0.369 e. The number of hydrogen-bond acceptors (Lipinski definition) is 2. The average Bonchev–Trinajstić information content (AvgIpc) is 2.91. The van der Waals surface area contributed by atoms with Crippen molar-refractivity contribution in [1.29, 1.82) is 0 Å². The van der Waals surface area contributed by atoms with Crippen molar-refractivity contribution in [2.24, 2.45) is 0 Å². The molecule has 0 saturated heterocycles. The van der Waals surface area contributed by atoms with Crippen molar-refractivity contribution in [1.82, 2.24) is 5.32 Å². The molecule has 0 aromatic heterocycles. The molecule has 0 radical (unpaired) electrons. The van der Waals surface area contributed by atoms with Crippen LogP contribution in [-0.2, 0) is 4.74 Å². The third-order valence-electron chi connectivity index (χ3n) is 3.64. The minimum absolute atomic E-state index is 0.173. The van der Waals surface area contributed by atoms with E-state index < -0.39 is 0 Å². The number of halogens is 1. The molecular formula is C16H24BrNO. The zero-order valence-corrected chi connectivity index (χ0v) is 13.3. The van der Waals surface area contributed by atoms with Crippen molar-refractivity contribution in [2.45, 2.75) is 51.2 Å². The number of ether oxygens (including phenoxy) is 1. The molecule has 1 saturated carbocycles. The van der Waals surface area contributed by atoms with Crippen LogP contribution in [0.1, 0.15) is 50.7 Å². The molecule has 1 N–H and O–H groups in total. The summed E-state index contributed by atoms with van der Waals surface area (Å²) in [5.41, 5.74) is 1.27. The Hall–Kier alpha value is -0.380. The number of benzene rings is 1. The van der Waals surface area contributed by atoms with Crippen LogP contribution in [0.15, 0.2) is 28.7 Å². The summed E-state index contributed by atoms with van der Waals surface area (Å²) in [6.45, 7) is 4.15. The Morgan fingerprint density at radius 1 is 1.37 bits per heavy atom. The molecule has 3 heteroatoms. The van der Waals surface area contributed by atoms with Crippen LogP contribution < -0.4 is 5.32 Å². The average molecular weight is 326 g/mol. The summed E-state index contributed by atoms with van der Waals surface area (Å²) in [4.78, 5) is 0. The molecule has 19 heavy (non-hydrogen) atoms. The first-order valence-corrected chi connectivity index (χ1v) is 8.20. The highest BCUT2D eigenvalue weighted by Crippen LogP contribution is 2.28. The van der Waals surface area contributed by atoms with Crippen molar-refractivity contribution in [2.75, 3.05) is 13.1 Å². The molecule has 0 amide bonds. The van der Waals surface area contributed by atoms with Gasteiger partial charge in [-0.15, -0.1) is 0 Å². The zero-order chi connectivity index (χ0) is 13.5. The molecule has 2 nitrogen and oxygen atoms in total. The maximum atomic E-state index is 6.32. The fourth-order valence-corrected chi connectivity index (χ4v) is 3.04. The Labute approximate surface area is 125 Å². The summed E-state index contributed by atoms with van der Waals surface area (Å²) in [6.07, 6.45) is 6.86. The van der Waals surface area contributed by atoms with E-state index in [1.54, 1.807) is 0 Å². The van der Waals surface area contributed by atoms with Gasteiger partial charge in [0.05, 0.1) is 12.2 Å². The lowest BCUT2D eigenvalue weighted by atomic mass is 10.1. The van der Waals surface area contributed by atoms with Crippen molar-refractivity contribution in [3.05, 3.63) is 34.3 Å². The van der Waals surface area contributed by atoms with Crippen LogP contribution in [0.5, 0.6) is 0 Å². The van der Waals surface area contributed by atoms with E-state index in [0.717, 1.165) is 24.0 Å². The second kappa shape index (κ2) is 8.03. The number of rotatable bonds is 7. The van der Waals surface area contributed by atoms with Crippen LogP contribution in [0.4, 0.5) is 0 Å². The predicted molar refractivity (Wildman–Crippen MR) is 83.4 cm³/mol. The van der Waals surface area contributed by atoms with Crippen molar-refractivity contribution in [3.8, 4) is 0 Å². The molecule has 1 aliphatic rings. The highest BCUT2D eigenvalue weighted by Gasteiger charge is 2.21. The first-order chi connectivity index (χ1) is 9.29. The highest BCUT2D eigenvalue weighted by molar-refractivity contribution is 9.10. The third-order valence-corrected chi connectivity index (χ3v) is 4.13. The lowest BCUT2D eigenvalue weighted by Crippen LogP contribution is -2.26. The third kappa shape index (κ3) is 4.90. The summed E-state index contributed by atoms with van der Waals surface area (Å²) in [5.74, 6) is 0. The van der Waals surface area contributed by atoms with Crippen LogP contribution >= 0.6 is 15.9 Å². The van der Waals surface area contributed by atoms with E-state index in [1.165, 1.54) is 31.2 Å². The van der Waals surface area contributed by atoms with Gasteiger partial charge < -0.3 is 10.1 Å². The van der Waals surface area contributed by atoms with Gasteiger partial charge in [-0.25, -0.2) is 0 Å². The van der Waals surface area contributed by atoms with Gasteiger partial charge in [0.25, 0.3) is 0 Å². The number of hydrogen-bond donors (Lipinski definition) is 1. The second-order valence-corrected chi connectivity index (χ2v) is 6.21. The van der Waals surface area contributed by atoms with Gasteiger partial charge in [-0.2, -0.15) is 0 Å². The van der Waals surface area contributed by atoms with Crippen LogP contribution in [-0.4, -0.2) is 19.2 Å². The Bertz CT molecular complexity index is 377. The van der Waals surface area contributed by atoms with E-state index in [2.05, 4.69) is 52.4 Å². The van der Waals surface area contributed by atoms with Gasteiger partial charge in [-0.05, 0) is 43.5 Å². The molecule has 0 aliphatic heterocycles. The SMILES string of the molecule is CCCNCC(OC1CCCC1)c1cccc(Br)c1. The smallest absolute Gasteiger partial charge is 0.0953 e. The van der Waals surface area contributed by atoms with Gasteiger partial charge in [0.2, 0.25) is 0 Å². The summed E-state index contributed by atoms with van der Waals surface area (Å²) in [5, 5.41) is 3.49. The minimum atomic E-state index is 0.173. The Balaban J connectivity index is 1.99. The van der Waals surface area contributed by atoms with E-state index in [-0.39, 0.29) is 6.10 Å². The van der Waals surface area contributed by atoms with Gasteiger partial charge in [0.15, 0.2) is 0 Å². The first kappa shape index (κ1) is 15.0. The summed E-state index contributed by atoms with van der Waals surface area (Å²) in [7, 11) is 0. The van der Waals surface area contributed by atoms with E-state index in [4.69, 9.17) is 4.74 Å². The van der Waals surface area contributed by atoms with Crippen molar-refractivity contribution in [3.63, 3.8) is 0 Å². The quantitative estimate of drug-likeness (QED) is 0.748. The second-order valence-electron chi connectivity index (χ2n) is 5.29. The molecule has 0 heterocycles. The molecule has 1 fully saturated rings. The fourth-order valence-electron chi connectivity index (χ4n) is 2.62. The molecule has 1 aromatic rings. The zero-order valence-electron chi connectivity index (χ0n) is 11.7. The molecule has 2 rings (SSSR count). The molecule has 0 bridgehead atoms. The lowest BCUT2D eigenvalue weighted by Gasteiger charge is -2.23. The van der Waals surface area contributed by atoms with Gasteiger partial charge >= 0.3 is 0 Å². The van der Waals surface area contributed by atoms with E-state index in [9.17, 15) is 0 Å². The molecular weight excluding hydrogens is 302 g/mol. The Kier molecular flexibility index (Phi) is 6.35. The lowest BCUT2D eigenvalue weighted by molar-refractivity contribution is -0.00867. The molecule has 1 unspecified atom stereocenters. The molecule has 0 spiro atoms. The van der Waals surface area contributed by atoms with Gasteiger partial charge in [-0.3, -0.25) is 0 Å². The molecule has 1 aliphatic carbocycles. The topological polar surface area (TPSA) is 21.3 Å². The van der Waals surface area contributed by atoms with Crippen LogP contribution in [0.3, 0.4) is 0 Å². The van der Waals surface area contributed by atoms with Crippen LogP contribution in [0, 0.1) is 0 Å². The summed E-state index contributed by atoms with van der Waals surface area (Å²) in [6, 6.07) is 8.49. The molecule has 1 atom stereocenters. The number of nitrogens with one attached hydrogen (secondary N) is 1. The normalized spacial score (nSPS) is 17.8. The van der Waals surface area contributed by atoms with E-state index >= 15 is 0 Å². The summed E-state index contributed by atoms with van der Waals surface area (Å²) >= 11 is 3.55. The highest BCUT2D eigenvalue weighted by atomic mass is 79.9. The van der Waals surface area contributed by atoms with Crippen molar-refractivity contribution >= 4 is 15.9 Å². The molecule has 1 aromatic carbocycles. The standard InChI is InChI=1S/C16H24BrNO/c1-2-10-18-12-16(19-15-8-3-4-9-15)13-6-5-7-14(17)11-13/h5-7,11,15-16,18H,2-4,8-10,12H2,1H3. The van der Waals surface area contributed by atoms with Crippen molar-refractivity contribution < 1.29 is 4.74 Å². The monoisotopic (exact) mass is 325 g/mol. The summed E-state index contributed by atoms with van der Waals surface area (Å²) < 4.78 is 7.44. The first-order valence-electron chi connectivity index (χ1n) is 7.41. The Morgan fingerprint density at radius 3 is 2.84 bits per heavy atom. The predicted octanol–water partition coefficient (Wildman–Crippen LogP) is 4.45. The van der Waals surface area contributed by atoms with Gasteiger partial charge in [0.1, 0.15) is 0 Å². The fraction of sp³-hybridized carbons (Fsp3) is 0.625. The van der Waals surface area contributed by atoms with Crippen LogP contribution in [0.25, 0.3) is 0 Å². The van der Waals surface area contributed by atoms with E-state index in [0.29, 0.717) is 6.10 Å². The maximum absolute atomic E-state index is 6.32.